The molecule has 0 radical (unpaired) electrons. The average Bonchev–Trinajstić information content (AvgIpc) is 3.38. The number of aryl methyl sites for hydroxylation is 1. The van der Waals surface area contributed by atoms with Gasteiger partial charge in [-0.1, -0.05) is 0 Å². The molecule has 1 unspecified atom stereocenters. The van der Waals surface area contributed by atoms with E-state index in [0.717, 1.165) is 24.2 Å². The van der Waals surface area contributed by atoms with Crippen molar-refractivity contribution in [2.24, 2.45) is 7.05 Å². The third-order valence-corrected chi connectivity index (χ3v) is 4.75. The topological polar surface area (TPSA) is 98.1 Å². The van der Waals surface area contributed by atoms with Gasteiger partial charge < -0.3 is 15.0 Å². The molecule has 0 aromatic carbocycles. The summed E-state index contributed by atoms with van der Waals surface area (Å²) in [6, 6.07) is 5.33. The van der Waals surface area contributed by atoms with Crippen LogP contribution in [-0.4, -0.2) is 56.4 Å². The summed E-state index contributed by atoms with van der Waals surface area (Å²) in [7, 11) is 1.87. The van der Waals surface area contributed by atoms with Crippen molar-refractivity contribution < 1.29 is 9.53 Å². The zero-order chi connectivity index (χ0) is 20.2. The Bertz CT molecular complexity index is 1000. The highest BCUT2D eigenvalue weighted by atomic mass is 16.5. The molecular formula is C20H23N7O2. The Labute approximate surface area is 168 Å². The predicted octanol–water partition coefficient (Wildman–Crippen LogP) is 1.68. The largest absolute Gasteiger partial charge is 0.477 e. The maximum Gasteiger partial charge on any atom is 0.257 e. The second-order valence-electron chi connectivity index (χ2n) is 6.84. The van der Waals surface area contributed by atoms with Gasteiger partial charge in [-0.25, -0.2) is 15.0 Å². The van der Waals surface area contributed by atoms with E-state index < -0.39 is 0 Å². The number of rotatable bonds is 6. The molecule has 1 aliphatic heterocycles. The van der Waals surface area contributed by atoms with E-state index in [1.807, 2.05) is 26.2 Å². The first-order valence-corrected chi connectivity index (χ1v) is 9.59. The average molecular weight is 393 g/mol. The van der Waals surface area contributed by atoms with Crippen molar-refractivity contribution in [3.63, 3.8) is 0 Å². The molecule has 1 aliphatic rings. The van der Waals surface area contributed by atoms with Crippen molar-refractivity contribution in [1.82, 2.24) is 30.0 Å². The van der Waals surface area contributed by atoms with Crippen LogP contribution in [0, 0.1) is 0 Å². The molecule has 1 atom stereocenters. The van der Waals surface area contributed by atoms with E-state index >= 15 is 0 Å². The lowest BCUT2D eigenvalue weighted by atomic mass is 10.2. The van der Waals surface area contributed by atoms with Gasteiger partial charge in [-0.3, -0.25) is 9.48 Å². The van der Waals surface area contributed by atoms with Crippen LogP contribution in [0.1, 0.15) is 23.7 Å². The standard InChI is InChI=1S/C20H23N7O2/c1-3-29-19-16(5-4-8-21-19)18(28)24-15-7-10-27(13-15)20-22-9-6-17(25-20)14-11-23-26(2)12-14/h4-6,8-9,11-12,15H,3,7,10,13H2,1-2H3,(H,24,28). The second-order valence-corrected chi connectivity index (χ2v) is 6.84. The summed E-state index contributed by atoms with van der Waals surface area (Å²) in [5.41, 5.74) is 2.22. The third kappa shape index (κ3) is 4.18. The minimum absolute atomic E-state index is 0.00262. The van der Waals surface area contributed by atoms with Gasteiger partial charge in [0.25, 0.3) is 5.91 Å². The highest BCUT2D eigenvalue weighted by Crippen LogP contribution is 2.22. The first-order chi connectivity index (χ1) is 14.1. The highest BCUT2D eigenvalue weighted by molar-refractivity contribution is 5.96. The molecule has 0 bridgehead atoms. The zero-order valence-corrected chi connectivity index (χ0v) is 16.4. The highest BCUT2D eigenvalue weighted by Gasteiger charge is 2.27. The van der Waals surface area contributed by atoms with E-state index in [2.05, 4.69) is 30.3 Å². The zero-order valence-electron chi connectivity index (χ0n) is 16.4. The normalized spacial score (nSPS) is 16.1. The number of amides is 1. The van der Waals surface area contributed by atoms with Gasteiger partial charge in [0.1, 0.15) is 5.56 Å². The molecule has 9 heteroatoms. The molecule has 1 amide bonds. The molecule has 0 spiro atoms. The summed E-state index contributed by atoms with van der Waals surface area (Å²) in [6.07, 6.45) is 7.88. The smallest absolute Gasteiger partial charge is 0.257 e. The fourth-order valence-electron chi connectivity index (χ4n) is 3.35. The van der Waals surface area contributed by atoms with Crippen molar-refractivity contribution in [2.45, 2.75) is 19.4 Å². The molecular weight excluding hydrogens is 370 g/mol. The summed E-state index contributed by atoms with van der Waals surface area (Å²) in [5.74, 6) is 0.827. The van der Waals surface area contributed by atoms with E-state index in [-0.39, 0.29) is 11.9 Å². The number of hydrogen-bond acceptors (Lipinski definition) is 7. The van der Waals surface area contributed by atoms with Crippen LogP contribution in [0.3, 0.4) is 0 Å². The molecule has 29 heavy (non-hydrogen) atoms. The molecule has 1 N–H and O–H groups in total. The van der Waals surface area contributed by atoms with Crippen LogP contribution in [0.5, 0.6) is 5.88 Å². The molecule has 0 aliphatic carbocycles. The number of pyridine rings is 1. The Morgan fingerprint density at radius 1 is 1.31 bits per heavy atom. The molecule has 150 valence electrons. The number of ether oxygens (including phenoxy) is 1. The number of carbonyl (C=O) groups excluding carboxylic acids is 1. The molecule has 0 saturated carbocycles. The molecule has 3 aromatic heterocycles. The summed E-state index contributed by atoms with van der Waals surface area (Å²) < 4.78 is 7.20. The number of nitrogens with one attached hydrogen (secondary N) is 1. The molecule has 4 heterocycles. The van der Waals surface area contributed by atoms with Gasteiger partial charge in [0.15, 0.2) is 0 Å². The SMILES string of the molecule is CCOc1ncccc1C(=O)NC1CCN(c2nccc(-c3cnn(C)c3)n2)C1. The van der Waals surface area contributed by atoms with Crippen LogP contribution in [0.15, 0.2) is 43.0 Å². The molecule has 9 nitrogen and oxygen atoms in total. The van der Waals surface area contributed by atoms with Crippen LogP contribution < -0.4 is 15.0 Å². The maximum atomic E-state index is 12.7. The van der Waals surface area contributed by atoms with Gasteiger partial charge >= 0.3 is 0 Å². The number of hydrogen-bond donors (Lipinski definition) is 1. The summed E-state index contributed by atoms with van der Waals surface area (Å²) in [5, 5.41) is 7.27. The monoisotopic (exact) mass is 393 g/mol. The Hall–Kier alpha value is -3.49. The molecule has 1 saturated heterocycles. The number of aromatic nitrogens is 5. The predicted molar refractivity (Wildman–Crippen MR) is 108 cm³/mol. The van der Waals surface area contributed by atoms with Gasteiger partial charge in [-0.05, 0) is 31.5 Å². The van der Waals surface area contributed by atoms with E-state index in [9.17, 15) is 4.79 Å². The summed E-state index contributed by atoms with van der Waals surface area (Å²) in [6.45, 7) is 3.74. The van der Waals surface area contributed by atoms with Crippen molar-refractivity contribution in [3.05, 3.63) is 48.5 Å². The Morgan fingerprint density at radius 3 is 3.00 bits per heavy atom. The van der Waals surface area contributed by atoms with Crippen molar-refractivity contribution in [1.29, 1.82) is 0 Å². The van der Waals surface area contributed by atoms with Gasteiger partial charge in [-0.2, -0.15) is 5.10 Å². The second kappa shape index (κ2) is 8.26. The Kier molecular flexibility index (Phi) is 5.37. The summed E-state index contributed by atoms with van der Waals surface area (Å²) >= 11 is 0. The number of carbonyl (C=O) groups is 1. The lowest BCUT2D eigenvalue weighted by Gasteiger charge is -2.17. The van der Waals surface area contributed by atoms with Gasteiger partial charge in [0.2, 0.25) is 11.8 Å². The van der Waals surface area contributed by atoms with Crippen LogP contribution in [-0.2, 0) is 7.05 Å². The Morgan fingerprint density at radius 2 is 2.21 bits per heavy atom. The molecule has 1 fully saturated rings. The van der Waals surface area contributed by atoms with E-state index in [1.165, 1.54) is 0 Å². The first-order valence-electron chi connectivity index (χ1n) is 9.59. The van der Waals surface area contributed by atoms with Crippen LogP contribution in [0.25, 0.3) is 11.3 Å². The maximum absolute atomic E-state index is 12.7. The van der Waals surface area contributed by atoms with Crippen LogP contribution >= 0.6 is 0 Å². The van der Waals surface area contributed by atoms with Gasteiger partial charge in [0.05, 0.1) is 18.5 Å². The number of anilines is 1. The van der Waals surface area contributed by atoms with E-state index in [0.29, 0.717) is 30.5 Å². The van der Waals surface area contributed by atoms with Crippen molar-refractivity contribution in [3.8, 4) is 17.1 Å². The minimum Gasteiger partial charge on any atom is -0.477 e. The van der Waals surface area contributed by atoms with Crippen molar-refractivity contribution >= 4 is 11.9 Å². The first kappa shape index (κ1) is 18.9. The number of nitrogens with zero attached hydrogens (tertiary/aromatic N) is 6. The van der Waals surface area contributed by atoms with Crippen LogP contribution in [0.2, 0.25) is 0 Å². The molecule has 4 rings (SSSR count). The van der Waals surface area contributed by atoms with E-state index in [1.54, 1.807) is 35.4 Å². The fourth-order valence-corrected chi connectivity index (χ4v) is 3.35. The fraction of sp³-hybridized carbons (Fsp3) is 0.350. The van der Waals surface area contributed by atoms with Crippen molar-refractivity contribution in [2.75, 3.05) is 24.6 Å². The van der Waals surface area contributed by atoms with E-state index in [4.69, 9.17) is 4.74 Å². The lowest BCUT2D eigenvalue weighted by Crippen LogP contribution is -2.37. The summed E-state index contributed by atoms with van der Waals surface area (Å²) in [4.78, 5) is 28.0. The Balaban J connectivity index is 1.43. The third-order valence-electron chi connectivity index (χ3n) is 4.75. The van der Waals surface area contributed by atoms with Gasteiger partial charge in [0, 0.05) is 50.3 Å². The lowest BCUT2D eigenvalue weighted by molar-refractivity contribution is 0.0935. The quantitative estimate of drug-likeness (QED) is 0.680. The molecule has 3 aromatic rings. The van der Waals surface area contributed by atoms with Crippen LogP contribution in [0.4, 0.5) is 5.95 Å². The van der Waals surface area contributed by atoms with Gasteiger partial charge in [-0.15, -0.1) is 0 Å². The minimum atomic E-state index is -0.182.